The van der Waals surface area contributed by atoms with Crippen molar-refractivity contribution in [3.8, 4) is 0 Å². The lowest BCUT2D eigenvalue weighted by atomic mass is 9.88. The van der Waals surface area contributed by atoms with E-state index < -0.39 is 0 Å². The second-order valence-electron chi connectivity index (χ2n) is 4.30. The Hall–Kier alpha value is -1.24. The highest BCUT2D eigenvalue weighted by molar-refractivity contribution is 5.69. The number of nitrogens with two attached hydrogens (primary N) is 1. The van der Waals surface area contributed by atoms with Crippen LogP contribution in [0.5, 0.6) is 0 Å². The highest BCUT2D eigenvalue weighted by Crippen LogP contribution is 2.29. The van der Waals surface area contributed by atoms with Gasteiger partial charge in [0.2, 0.25) is 0 Å². The summed E-state index contributed by atoms with van der Waals surface area (Å²) in [6.45, 7) is 6.61. The molecule has 1 aliphatic rings. The second kappa shape index (κ2) is 2.38. The van der Waals surface area contributed by atoms with Gasteiger partial charge in [0.05, 0.1) is 0 Å². The molecule has 2 rings (SSSR count). The van der Waals surface area contributed by atoms with Crippen molar-refractivity contribution in [2.24, 2.45) is 5.41 Å². The van der Waals surface area contributed by atoms with Crippen LogP contribution in [0.1, 0.15) is 20.8 Å². The fourth-order valence-corrected chi connectivity index (χ4v) is 1.96. The number of hydrogen-bond acceptors (Lipinski definition) is 1. The van der Waals surface area contributed by atoms with E-state index in [9.17, 15) is 0 Å². The Morgan fingerprint density at radius 2 is 1.92 bits per heavy atom. The Bertz CT molecular complexity index is 466. The zero-order valence-corrected chi connectivity index (χ0v) is 8.39. The van der Waals surface area contributed by atoms with Gasteiger partial charge in [0.25, 0.3) is 0 Å². The van der Waals surface area contributed by atoms with Crippen LogP contribution in [0.2, 0.25) is 0 Å². The standard InChI is InChI=1S/C12H15N/c1-8-11-9(7-12(8,2)3)5-4-6-10(11)13/h4-7H,13H2,1-3H3. The maximum absolute atomic E-state index is 5.94. The van der Waals surface area contributed by atoms with Crippen LogP contribution in [-0.2, 0) is 0 Å². The predicted molar refractivity (Wildman–Crippen MR) is 57.4 cm³/mol. The first-order chi connectivity index (χ1) is 6.02. The van der Waals surface area contributed by atoms with E-state index in [0.29, 0.717) is 0 Å². The topological polar surface area (TPSA) is 26.0 Å². The number of fused-ring (bicyclic) bond motifs is 1. The molecule has 2 N–H and O–H groups in total. The van der Waals surface area contributed by atoms with Gasteiger partial charge in [0.15, 0.2) is 0 Å². The zero-order valence-electron chi connectivity index (χ0n) is 8.39. The molecular weight excluding hydrogens is 158 g/mol. The van der Waals surface area contributed by atoms with Crippen molar-refractivity contribution in [1.29, 1.82) is 0 Å². The lowest BCUT2D eigenvalue weighted by molar-refractivity contribution is 0.693. The summed E-state index contributed by atoms with van der Waals surface area (Å²) in [5.74, 6) is 0. The first kappa shape index (κ1) is 8.36. The molecule has 0 atom stereocenters. The molecule has 0 unspecified atom stereocenters. The van der Waals surface area contributed by atoms with Crippen LogP contribution in [0.15, 0.2) is 18.2 Å². The first-order valence-corrected chi connectivity index (χ1v) is 4.61. The molecule has 0 radical (unpaired) electrons. The Morgan fingerprint density at radius 1 is 1.23 bits per heavy atom. The molecule has 0 amide bonds. The third-order valence-corrected chi connectivity index (χ3v) is 2.99. The second-order valence-corrected chi connectivity index (χ2v) is 4.30. The molecule has 0 saturated carbocycles. The van der Waals surface area contributed by atoms with E-state index in [0.717, 1.165) is 5.69 Å². The smallest absolute Gasteiger partial charge is 0.0393 e. The van der Waals surface area contributed by atoms with Crippen LogP contribution in [0.25, 0.3) is 11.6 Å². The number of hydrogen-bond donors (Lipinski definition) is 1. The summed E-state index contributed by atoms with van der Waals surface area (Å²) in [4.78, 5) is 0. The maximum atomic E-state index is 5.94. The van der Waals surface area contributed by atoms with Crippen molar-refractivity contribution in [3.05, 3.63) is 28.6 Å². The molecular formula is C12H15N. The Kier molecular flexibility index (Phi) is 1.53. The van der Waals surface area contributed by atoms with E-state index in [1.54, 1.807) is 0 Å². The van der Waals surface area contributed by atoms with Gasteiger partial charge < -0.3 is 5.73 Å². The molecule has 1 aliphatic carbocycles. The van der Waals surface area contributed by atoms with Gasteiger partial charge in [-0.2, -0.15) is 0 Å². The fourth-order valence-electron chi connectivity index (χ4n) is 1.96. The quantitative estimate of drug-likeness (QED) is 0.587. The minimum atomic E-state index is 0.164. The van der Waals surface area contributed by atoms with Gasteiger partial charge in [0, 0.05) is 16.3 Å². The van der Waals surface area contributed by atoms with Crippen LogP contribution >= 0.6 is 0 Å². The zero-order chi connectivity index (χ0) is 9.64. The van der Waals surface area contributed by atoms with E-state index in [2.05, 4.69) is 32.9 Å². The molecule has 0 spiro atoms. The van der Waals surface area contributed by atoms with E-state index in [-0.39, 0.29) is 5.41 Å². The molecule has 0 fully saturated rings. The van der Waals surface area contributed by atoms with E-state index in [1.807, 2.05) is 12.1 Å². The van der Waals surface area contributed by atoms with E-state index in [1.165, 1.54) is 16.0 Å². The van der Waals surface area contributed by atoms with Crippen LogP contribution in [0.4, 0.5) is 5.69 Å². The molecule has 0 aromatic heterocycles. The Labute approximate surface area is 78.6 Å². The van der Waals surface area contributed by atoms with Crippen molar-refractivity contribution in [2.75, 3.05) is 5.73 Å². The van der Waals surface area contributed by atoms with Gasteiger partial charge in [-0.25, -0.2) is 0 Å². The van der Waals surface area contributed by atoms with E-state index >= 15 is 0 Å². The number of nitrogen functional groups attached to an aromatic ring is 1. The predicted octanol–water partition coefficient (Wildman–Crippen LogP) is 1.26. The van der Waals surface area contributed by atoms with E-state index in [4.69, 9.17) is 5.73 Å². The third kappa shape index (κ3) is 1.07. The normalized spacial score (nSPS) is 18.2. The molecule has 0 heterocycles. The Morgan fingerprint density at radius 3 is 2.54 bits per heavy atom. The third-order valence-electron chi connectivity index (χ3n) is 2.99. The highest BCUT2D eigenvalue weighted by Gasteiger charge is 2.22. The van der Waals surface area contributed by atoms with Gasteiger partial charge in [0.1, 0.15) is 0 Å². The SMILES string of the molecule is CC1=c2c(N)cccc2=CC1(C)C. The molecule has 1 heteroatoms. The summed E-state index contributed by atoms with van der Waals surface area (Å²) < 4.78 is 0. The van der Waals surface area contributed by atoms with Crippen LogP contribution < -0.4 is 16.2 Å². The summed E-state index contributed by atoms with van der Waals surface area (Å²) in [7, 11) is 0. The molecule has 68 valence electrons. The number of benzene rings is 1. The summed E-state index contributed by atoms with van der Waals surface area (Å²) in [6.07, 6.45) is 2.29. The van der Waals surface area contributed by atoms with Gasteiger partial charge >= 0.3 is 0 Å². The molecule has 0 bridgehead atoms. The Balaban J connectivity index is 2.96. The molecule has 13 heavy (non-hydrogen) atoms. The summed E-state index contributed by atoms with van der Waals surface area (Å²) in [5, 5.41) is 2.52. The average molecular weight is 173 g/mol. The van der Waals surface area contributed by atoms with Gasteiger partial charge in [-0.3, -0.25) is 0 Å². The molecule has 1 aromatic carbocycles. The summed E-state index contributed by atoms with van der Waals surface area (Å²) >= 11 is 0. The van der Waals surface area contributed by atoms with Crippen molar-refractivity contribution in [3.63, 3.8) is 0 Å². The largest absolute Gasteiger partial charge is 0.398 e. The first-order valence-electron chi connectivity index (χ1n) is 4.61. The van der Waals surface area contributed by atoms with Crippen molar-refractivity contribution in [1.82, 2.24) is 0 Å². The number of anilines is 1. The molecule has 1 nitrogen and oxygen atoms in total. The molecule has 0 saturated heterocycles. The number of rotatable bonds is 0. The van der Waals surface area contributed by atoms with Gasteiger partial charge in [-0.15, -0.1) is 0 Å². The van der Waals surface area contributed by atoms with Crippen molar-refractivity contribution in [2.45, 2.75) is 20.8 Å². The molecule has 0 aliphatic heterocycles. The van der Waals surface area contributed by atoms with Crippen LogP contribution in [-0.4, -0.2) is 0 Å². The van der Waals surface area contributed by atoms with Crippen molar-refractivity contribution < 1.29 is 0 Å². The highest BCUT2D eigenvalue weighted by atomic mass is 14.6. The average Bonchev–Trinajstić information content (AvgIpc) is 2.24. The molecule has 1 aromatic rings. The van der Waals surface area contributed by atoms with Crippen LogP contribution in [0, 0.1) is 5.41 Å². The van der Waals surface area contributed by atoms with Gasteiger partial charge in [-0.1, -0.05) is 37.6 Å². The maximum Gasteiger partial charge on any atom is 0.0393 e. The van der Waals surface area contributed by atoms with Gasteiger partial charge in [-0.05, 0) is 18.2 Å². The monoisotopic (exact) mass is 173 g/mol. The lowest BCUT2D eigenvalue weighted by Gasteiger charge is -2.17. The van der Waals surface area contributed by atoms with Crippen molar-refractivity contribution >= 4 is 17.3 Å². The minimum Gasteiger partial charge on any atom is -0.398 e. The minimum absolute atomic E-state index is 0.164. The summed E-state index contributed by atoms with van der Waals surface area (Å²) in [6, 6.07) is 6.11. The lowest BCUT2D eigenvalue weighted by Crippen LogP contribution is -2.25. The van der Waals surface area contributed by atoms with Crippen LogP contribution in [0.3, 0.4) is 0 Å². The summed E-state index contributed by atoms with van der Waals surface area (Å²) in [5.41, 5.74) is 8.38. The fraction of sp³-hybridized carbons (Fsp3) is 0.333.